The van der Waals surface area contributed by atoms with E-state index in [9.17, 15) is 14.4 Å². The molecule has 0 aliphatic carbocycles. The zero-order chi connectivity index (χ0) is 43.7. The van der Waals surface area contributed by atoms with Crippen molar-refractivity contribution in [3.05, 3.63) is 72.9 Å². The van der Waals surface area contributed by atoms with Crippen molar-refractivity contribution in [3.63, 3.8) is 0 Å². The van der Waals surface area contributed by atoms with E-state index >= 15 is 0 Å². The topological polar surface area (TPSA) is 78.9 Å². The number of hydrogen-bond donors (Lipinski definition) is 0. The summed E-state index contributed by atoms with van der Waals surface area (Å²) in [6.07, 6.45) is 60.3. The van der Waals surface area contributed by atoms with Crippen LogP contribution in [0.4, 0.5) is 0 Å². The maximum atomic E-state index is 12.8. The number of unbranched alkanes of at least 4 members (excludes halogenated alkanes) is 21. The van der Waals surface area contributed by atoms with Crippen molar-refractivity contribution >= 4 is 17.9 Å². The molecule has 6 heteroatoms. The Balaban J connectivity index is 4.38. The second kappa shape index (κ2) is 48.5. The number of rotatable bonds is 44. The quantitative estimate of drug-likeness (QED) is 0.0263. The molecule has 0 fully saturated rings. The van der Waals surface area contributed by atoms with Gasteiger partial charge in [-0.05, 0) is 103 Å². The Morgan fingerprint density at radius 2 is 0.667 bits per heavy atom. The zero-order valence-electron chi connectivity index (χ0n) is 39.2. The number of allylic oxidation sites excluding steroid dienone is 12. The second-order valence-corrected chi connectivity index (χ2v) is 16.3. The Morgan fingerprint density at radius 1 is 0.350 bits per heavy atom. The first kappa shape index (κ1) is 56.9. The highest BCUT2D eigenvalue weighted by atomic mass is 16.6. The van der Waals surface area contributed by atoms with Crippen LogP contribution >= 0.6 is 0 Å². The van der Waals surface area contributed by atoms with Crippen LogP contribution in [0.3, 0.4) is 0 Å². The first-order chi connectivity index (χ1) is 29.5. The van der Waals surface area contributed by atoms with E-state index in [1.165, 1.54) is 89.9 Å². The summed E-state index contributed by atoms with van der Waals surface area (Å²) in [5, 5.41) is 0. The van der Waals surface area contributed by atoms with Crippen molar-refractivity contribution in [2.45, 2.75) is 239 Å². The van der Waals surface area contributed by atoms with E-state index in [-0.39, 0.29) is 31.1 Å². The van der Waals surface area contributed by atoms with Gasteiger partial charge in [0.1, 0.15) is 13.2 Å². The fourth-order valence-electron chi connectivity index (χ4n) is 6.67. The molecule has 0 rings (SSSR count). The van der Waals surface area contributed by atoms with Gasteiger partial charge in [0.05, 0.1) is 0 Å². The molecule has 0 N–H and O–H groups in total. The van der Waals surface area contributed by atoms with Gasteiger partial charge in [-0.3, -0.25) is 14.4 Å². The summed E-state index contributed by atoms with van der Waals surface area (Å²) in [6.45, 7) is 6.42. The molecule has 0 aromatic rings. The van der Waals surface area contributed by atoms with E-state index in [0.29, 0.717) is 25.7 Å². The monoisotopic (exact) mass is 837 g/mol. The SMILES string of the molecule is CC/C=C\C/C=C\C/C=C\CCCCCCCCC(=O)OC(COC(=O)CCC/C=C\CCCCCC)COC(=O)CCCCCCCCC/C=C\C/C=C\CCCCC. The van der Waals surface area contributed by atoms with Crippen molar-refractivity contribution in [1.82, 2.24) is 0 Å². The minimum atomic E-state index is -0.795. The van der Waals surface area contributed by atoms with E-state index in [2.05, 4.69) is 93.7 Å². The lowest BCUT2D eigenvalue weighted by Crippen LogP contribution is -2.30. The molecule has 0 spiro atoms. The normalized spacial score (nSPS) is 12.7. The van der Waals surface area contributed by atoms with Crippen molar-refractivity contribution in [3.8, 4) is 0 Å². The lowest BCUT2D eigenvalue weighted by Gasteiger charge is -2.18. The Morgan fingerprint density at radius 3 is 1.13 bits per heavy atom. The summed E-state index contributed by atoms with van der Waals surface area (Å²) in [7, 11) is 0. The molecule has 0 aromatic carbocycles. The van der Waals surface area contributed by atoms with E-state index in [1.807, 2.05) is 0 Å². The molecular weight excluding hydrogens is 745 g/mol. The largest absolute Gasteiger partial charge is 0.462 e. The molecule has 0 aliphatic heterocycles. The lowest BCUT2D eigenvalue weighted by atomic mass is 10.1. The molecule has 6 nitrogen and oxygen atoms in total. The molecule has 60 heavy (non-hydrogen) atoms. The summed E-state index contributed by atoms with van der Waals surface area (Å²) in [4.78, 5) is 37.8. The van der Waals surface area contributed by atoms with Gasteiger partial charge in [0.25, 0.3) is 0 Å². The van der Waals surface area contributed by atoms with E-state index in [1.54, 1.807) is 0 Å². The second-order valence-electron chi connectivity index (χ2n) is 16.3. The first-order valence-electron chi connectivity index (χ1n) is 24.9. The van der Waals surface area contributed by atoms with Gasteiger partial charge >= 0.3 is 17.9 Å². The highest BCUT2D eigenvalue weighted by Crippen LogP contribution is 2.13. The number of esters is 3. The minimum absolute atomic E-state index is 0.0939. The number of ether oxygens (including phenoxy) is 3. The van der Waals surface area contributed by atoms with Crippen LogP contribution in [0, 0.1) is 0 Å². The van der Waals surface area contributed by atoms with Crippen molar-refractivity contribution < 1.29 is 28.6 Å². The Bertz CT molecular complexity index is 1140. The van der Waals surface area contributed by atoms with Gasteiger partial charge in [-0.15, -0.1) is 0 Å². The Kier molecular flexibility index (Phi) is 46.0. The third-order valence-corrected chi connectivity index (χ3v) is 10.4. The van der Waals surface area contributed by atoms with E-state index in [4.69, 9.17) is 14.2 Å². The predicted molar refractivity (Wildman–Crippen MR) is 256 cm³/mol. The molecule has 0 aliphatic rings. The van der Waals surface area contributed by atoms with Crippen molar-refractivity contribution in [2.24, 2.45) is 0 Å². The third kappa shape index (κ3) is 45.9. The molecule has 1 atom stereocenters. The third-order valence-electron chi connectivity index (χ3n) is 10.4. The zero-order valence-corrected chi connectivity index (χ0v) is 39.2. The molecule has 0 saturated heterocycles. The number of hydrogen-bond acceptors (Lipinski definition) is 6. The number of carbonyl (C=O) groups is 3. The lowest BCUT2D eigenvalue weighted by molar-refractivity contribution is -0.167. The minimum Gasteiger partial charge on any atom is -0.462 e. The molecular formula is C54H92O6. The van der Waals surface area contributed by atoms with E-state index < -0.39 is 6.10 Å². The molecule has 0 radical (unpaired) electrons. The van der Waals surface area contributed by atoms with Gasteiger partial charge in [0.15, 0.2) is 6.10 Å². The first-order valence-corrected chi connectivity index (χ1v) is 24.9. The highest BCUT2D eigenvalue weighted by molar-refractivity contribution is 5.71. The van der Waals surface area contributed by atoms with Crippen LogP contribution in [0.15, 0.2) is 72.9 Å². The van der Waals surface area contributed by atoms with Crippen LogP contribution in [0.25, 0.3) is 0 Å². The number of carbonyl (C=O) groups excluding carboxylic acids is 3. The molecule has 1 unspecified atom stereocenters. The fourth-order valence-corrected chi connectivity index (χ4v) is 6.67. The average Bonchev–Trinajstić information content (AvgIpc) is 3.24. The molecule has 344 valence electrons. The van der Waals surface area contributed by atoms with Crippen LogP contribution in [0.1, 0.15) is 233 Å². The van der Waals surface area contributed by atoms with Gasteiger partial charge in [-0.2, -0.15) is 0 Å². The maximum absolute atomic E-state index is 12.8. The van der Waals surface area contributed by atoms with Crippen molar-refractivity contribution in [2.75, 3.05) is 13.2 Å². The fraction of sp³-hybridized carbons (Fsp3) is 0.722. The summed E-state index contributed by atoms with van der Waals surface area (Å²) < 4.78 is 16.7. The van der Waals surface area contributed by atoms with Crippen LogP contribution in [0.5, 0.6) is 0 Å². The highest BCUT2D eigenvalue weighted by Gasteiger charge is 2.19. The molecule has 0 bridgehead atoms. The Labute approximate surface area is 370 Å². The van der Waals surface area contributed by atoms with Gasteiger partial charge < -0.3 is 14.2 Å². The summed E-state index contributed by atoms with van der Waals surface area (Å²) in [5.41, 5.74) is 0. The van der Waals surface area contributed by atoms with Crippen molar-refractivity contribution in [1.29, 1.82) is 0 Å². The molecule has 0 amide bonds. The van der Waals surface area contributed by atoms with Crippen LogP contribution in [-0.2, 0) is 28.6 Å². The van der Waals surface area contributed by atoms with Gasteiger partial charge in [0, 0.05) is 19.3 Å². The van der Waals surface area contributed by atoms with Crippen LogP contribution in [-0.4, -0.2) is 37.2 Å². The van der Waals surface area contributed by atoms with E-state index in [0.717, 1.165) is 96.3 Å². The molecule has 0 aromatic heterocycles. The molecule has 0 saturated carbocycles. The maximum Gasteiger partial charge on any atom is 0.306 e. The summed E-state index contributed by atoms with van der Waals surface area (Å²) in [5.74, 6) is -0.953. The molecule has 0 heterocycles. The average molecular weight is 837 g/mol. The summed E-state index contributed by atoms with van der Waals surface area (Å²) in [6, 6.07) is 0. The van der Waals surface area contributed by atoms with Crippen LogP contribution < -0.4 is 0 Å². The smallest absolute Gasteiger partial charge is 0.306 e. The van der Waals surface area contributed by atoms with Gasteiger partial charge in [-0.1, -0.05) is 184 Å². The Hall–Kier alpha value is -3.15. The predicted octanol–water partition coefficient (Wildman–Crippen LogP) is 16.3. The standard InChI is InChI=1S/C54H92O6/c1-4-7-10-13-16-19-21-23-25-27-29-30-32-35-38-41-44-47-53(56)59-50-51(49-58-52(55)46-43-40-37-34-18-15-12-9-6-3)60-54(57)48-45-42-39-36-33-31-28-26-24-22-20-17-14-11-8-5-2/h8,11,16-17,19-20,23-26,34,37,51H,4-7,9-10,12-15,18,21-22,27-33,35-36,38-50H2,1-3H3/b11-8-,19-16-,20-17-,25-23-,26-24-,37-34-. The van der Waals surface area contributed by atoms with Gasteiger partial charge in [0.2, 0.25) is 0 Å². The summed E-state index contributed by atoms with van der Waals surface area (Å²) >= 11 is 0. The van der Waals surface area contributed by atoms with Gasteiger partial charge in [-0.25, -0.2) is 0 Å². The van der Waals surface area contributed by atoms with Crippen LogP contribution in [0.2, 0.25) is 0 Å².